The zero-order chi connectivity index (χ0) is 20.9. The average Bonchev–Trinajstić information content (AvgIpc) is 3.20. The molecule has 1 heterocycles. The number of carbonyl (C=O) groups is 1. The molecule has 4 aromatic rings. The van der Waals surface area contributed by atoms with Crippen molar-refractivity contribution < 1.29 is 9.53 Å². The van der Waals surface area contributed by atoms with Gasteiger partial charge in [0, 0.05) is 15.6 Å². The molecule has 0 saturated heterocycles. The van der Waals surface area contributed by atoms with Crippen LogP contribution in [-0.2, 0) is 0 Å². The summed E-state index contributed by atoms with van der Waals surface area (Å²) in [5.41, 5.74) is 3.15. The van der Waals surface area contributed by atoms with E-state index in [4.69, 9.17) is 9.72 Å². The van der Waals surface area contributed by atoms with Crippen molar-refractivity contribution in [1.29, 1.82) is 0 Å². The van der Waals surface area contributed by atoms with E-state index in [1.165, 1.54) is 0 Å². The monoisotopic (exact) mass is 480 g/mol. The van der Waals surface area contributed by atoms with Gasteiger partial charge in [-0.3, -0.25) is 4.79 Å². The van der Waals surface area contributed by atoms with Crippen molar-refractivity contribution in [2.75, 3.05) is 11.9 Å². The van der Waals surface area contributed by atoms with Crippen LogP contribution >= 0.6 is 27.3 Å². The lowest BCUT2D eigenvalue weighted by molar-refractivity contribution is 0.102. The van der Waals surface area contributed by atoms with E-state index in [9.17, 15) is 4.79 Å². The lowest BCUT2D eigenvalue weighted by Crippen LogP contribution is -2.12. The highest BCUT2D eigenvalue weighted by atomic mass is 79.9. The second-order valence-corrected chi connectivity index (χ2v) is 8.80. The number of rotatable bonds is 7. The van der Waals surface area contributed by atoms with Gasteiger partial charge in [0.2, 0.25) is 0 Å². The van der Waals surface area contributed by atoms with E-state index in [1.807, 2.05) is 48.5 Å². The van der Waals surface area contributed by atoms with E-state index in [0.717, 1.165) is 49.5 Å². The molecule has 1 amide bonds. The van der Waals surface area contributed by atoms with E-state index in [-0.39, 0.29) is 5.91 Å². The normalized spacial score (nSPS) is 10.9. The van der Waals surface area contributed by atoms with Crippen LogP contribution in [0, 0.1) is 0 Å². The van der Waals surface area contributed by atoms with E-state index in [0.29, 0.717) is 12.2 Å². The van der Waals surface area contributed by atoms with Crippen LogP contribution in [0.1, 0.15) is 30.1 Å². The van der Waals surface area contributed by atoms with Crippen molar-refractivity contribution in [3.05, 3.63) is 76.8 Å². The molecule has 1 N–H and O–H groups in total. The first kappa shape index (κ1) is 20.6. The minimum atomic E-state index is -0.167. The number of unbranched alkanes of at least 4 members (excludes halogenated alkanes) is 1. The number of nitrogens with one attached hydrogen (secondary N) is 1. The Morgan fingerprint density at radius 2 is 1.90 bits per heavy atom. The topological polar surface area (TPSA) is 51.2 Å². The molecule has 0 unspecified atom stereocenters. The fraction of sp³-hybridized carbons (Fsp3) is 0.167. The Morgan fingerprint density at radius 3 is 2.67 bits per heavy atom. The summed E-state index contributed by atoms with van der Waals surface area (Å²) in [6.45, 7) is 2.81. The maximum Gasteiger partial charge on any atom is 0.255 e. The third-order valence-corrected chi connectivity index (χ3v) is 6.20. The third-order valence-electron chi connectivity index (χ3n) is 4.64. The SMILES string of the molecule is CCCCOc1ccc(C(=O)Nc2ccc(Br)cc2-c2nc3ccccc3s2)cc1. The van der Waals surface area contributed by atoms with Gasteiger partial charge in [0.1, 0.15) is 10.8 Å². The van der Waals surface area contributed by atoms with Crippen LogP contribution in [0.15, 0.2) is 71.2 Å². The summed E-state index contributed by atoms with van der Waals surface area (Å²) in [4.78, 5) is 17.6. The van der Waals surface area contributed by atoms with Gasteiger partial charge in [-0.15, -0.1) is 11.3 Å². The number of carbonyl (C=O) groups excluding carboxylic acids is 1. The Bertz CT molecular complexity index is 1140. The van der Waals surface area contributed by atoms with Crippen molar-refractivity contribution in [3.63, 3.8) is 0 Å². The largest absolute Gasteiger partial charge is 0.494 e. The second-order valence-electron chi connectivity index (χ2n) is 6.86. The van der Waals surface area contributed by atoms with Crippen molar-refractivity contribution in [2.24, 2.45) is 0 Å². The molecular formula is C24H21BrN2O2S. The smallest absolute Gasteiger partial charge is 0.255 e. The Morgan fingerprint density at radius 1 is 1.10 bits per heavy atom. The molecular weight excluding hydrogens is 460 g/mol. The average molecular weight is 481 g/mol. The van der Waals surface area contributed by atoms with Crippen molar-refractivity contribution in [2.45, 2.75) is 19.8 Å². The number of para-hydroxylation sites is 1. The van der Waals surface area contributed by atoms with Crippen LogP contribution in [0.3, 0.4) is 0 Å². The van der Waals surface area contributed by atoms with Gasteiger partial charge in [-0.05, 0) is 61.0 Å². The van der Waals surface area contributed by atoms with Crippen LogP contribution in [-0.4, -0.2) is 17.5 Å². The molecule has 30 heavy (non-hydrogen) atoms. The van der Waals surface area contributed by atoms with Gasteiger partial charge in [-0.25, -0.2) is 4.98 Å². The number of ether oxygens (including phenoxy) is 1. The maximum absolute atomic E-state index is 12.8. The van der Waals surface area contributed by atoms with Crippen LogP contribution in [0.25, 0.3) is 20.8 Å². The molecule has 0 fully saturated rings. The number of thiazole rings is 1. The van der Waals surface area contributed by atoms with E-state index < -0.39 is 0 Å². The zero-order valence-electron chi connectivity index (χ0n) is 16.5. The van der Waals surface area contributed by atoms with Crippen molar-refractivity contribution >= 4 is 49.1 Å². The number of hydrogen-bond donors (Lipinski definition) is 1. The van der Waals surface area contributed by atoms with Crippen LogP contribution in [0.4, 0.5) is 5.69 Å². The van der Waals surface area contributed by atoms with Gasteiger partial charge in [0.05, 0.1) is 22.5 Å². The van der Waals surface area contributed by atoms with Crippen LogP contribution in [0.2, 0.25) is 0 Å². The van der Waals surface area contributed by atoms with Crippen molar-refractivity contribution in [3.8, 4) is 16.3 Å². The summed E-state index contributed by atoms with van der Waals surface area (Å²) in [5, 5.41) is 3.90. The highest BCUT2D eigenvalue weighted by molar-refractivity contribution is 9.10. The standard InChI is InChI=1S/C24H21BrN2O2S/c1-2-3-14-29-18-11-8-16(9-12-18)23(28)26-20-13-10-17(25)15-19(20)24-27-21-6-4-5-7-22(21)30-24/h4-13,15H,2-3,14H2,1H3,(H,26,28). The molecule has 152 valence electrons. The minimum Gasteiger partial charge on any atom is -0.494 e. The van der Waals surface area contributed by atoms with Crippen LogP contribution < -0.4 is 10.1 Å². The van der Waals surface area contributed by atoms with Gasteiger partial charge in [-0.2, -0.15) is 0 Å². The van der Waals surface area contributed by atoms with Gasteiger partial charge in [0.15, 0.2) is 0 Å². The summed E-state index contributed by atoms with van der Waals surface area (Å²) < 4.78 is 7.72. The molecule has 4 nitrogen and oxygen atoms in total. The minimum absolute atomic E-state index is 0.167. The molecule has 6 heteroatoms. The fourth-order valence-corrected chi connectivity index (χ4v) is 4.38. The number of halogens is 1. The molecule has 3 aromatic carbocycles. The second kappa shape index (κ2) is 9.41. The number of aromatic nitrogens is 1. The fourth-order valence-electron chi connectivity index (χ4n) is 3.02. The summed E-state index contributed by atoms with van der Waals surface area (Å²) in [7, 11) is 0. The zero-order valence-corrected chi connectivity index (χ0v) is 18.9. The molecule has 0 aliphatic carbocycles. The Balaban J connectivity index is 1.56. The molecule has 0 bridgehead atoms. The predicted octanol–water partition coefficient (Wildman–Crippen LogP) is 7.16. The summed E-state index contributed by atoms with van der Waals surface area (Å²) >= 11 is 5.14. The Kier molecular flexibility index (Phi) is 6.45. The summed E-state index contributed by atoms with van der Waals surface area (Å²) in [5.74, 6) is 0.610. The first-order valence-electron chi connectivity index (χ1n) is 9.84. The predicted molar refractivity (Wildman–Crippen MR) is 128 cm³/mol. The summed E-state index contributed by atoms with van der Waals surface area (Å²) in [6.07, 6.45) is 2.10. The lowest BCUT2D eigenvalue weighted by atomic mass is 10.1. The van der Waals surface area contributed by atoms with Crippen LogP contribution in [0.5, 0.6) is 5.75 Å². The van der Waals surface area contributed by atoms with Gasteiger partial charge < -0.3 is 10.1 Å². The number of amides is 1. The first-order valence-corrected chi connectivity index (χ1v) is 11.4. The maximum atomic E-state index is 12.8. The molecule has 0 spiro atoms. The van der Waals surface area contributed by atoms with Gasteiger partial charge in [0.25, 0.3) is 5.91 Å². The molecule has 0 saturated carbocycles. The Labute approximate surface area is 188 Å². The highest BCUT2D eigenvalue weighted by Gasteiger charge is 2.14. The van der Waals surface area contributed by atoms with E-state index >= 15 is 0 Å². The molecule has 0 atom stereocenters. The van der Waals surface area contributed by atoms with E-state index in [1.54, 1.807) is 23.5 Å². The number of hydrogen-bond acceptors (Lipinski definition) is 4. The van der Waals surface area contributed by atoms with E-state index in [2.05, 4.69) is 34.2 Å². The number of nitrogens with zero attached hydrogens (tertiary/aromatic N) is 1. The highest BCUT2D eigenvalue weighted by Crippen LogP contribution is 2.36. The molecule has 0 aliphatic rings. The summed E-state index contributed by atoms with van der Waals surface area (Å²) in [6, 6.07) is 21.1. The number of anilines is 1. The molecule has 4 rings (SSSR count). The van der Waals surface area contributed by atoms with Gasteiger partial charge in [-0.1, -0.05) is 41.4 Å². The number of benzene rings is 3. The van der Waals surface area contributed by atoms with Gasteiger partial charge >= 0.3 is 0 Å². The molecule has 1 aromatic heterocycles. The van der Waals surface area contributed by atoms with Crippen molar-refractivity contribution in [1.82, 2.24) is 4.98 Å². The quantitative estimate of drug-likeness (QED) is 0.285. The molecule has 0 aliphatic heterocycles. The Hall–Kier alpha value is -2.70. The first-order chi connectivity index (χ1) is 14.6. The lowest BCUT2D eigenvalue weighted by Gasteiger charge is -2.11. The molecule has 0 radical (unpaired) electrons. The third kappa shape index (κ3) is 4.71. The number of fused-ring (bicyclic) bond motifs is 1.